The van der Waals surface area contributed by atoms with Gasteiger partial charge in [-0.25, -0.2) is 4.79 Å². The number of fused-ring (bicyclic) bond motifs is 1. The Morgan fingerprint density at radius 2 is 2.04 bits per heavy atom. The predicted octanol–water partition coefficient (Wildman–Crippen LogP) is 2.03. The van der Waals surface area contributed by atoms with E-state index in [1.165, 1.54) is 0 Å². The molecule has 0 aromatic heterocycles. The molecule has 6 heteroatoms. The number of ether oxygens (including phenoxy) is 2. The van der Waals surface area contributed by atoms with Crippen LogP contribution in [0, 0.1) is 0 Å². The minimum absolute atomic E-state index is 0.0122. The molecule has 2 aliphatic heterocycles. The van der Waals surface area contributed by atoms with Gasteiger partial charge in [-0.3, -0.25) is 0 Å². The summed E-state index contributed by atoms with van der Waals surface area (Å²) in [5.41, 5.74) is 1.04. The number of benzene rings is 1. The van der Waals surface area contributed by atoms with Crippen molar-refractivity contribution in [3.05, 3.63) is 23.8 Å². The highest BCUT2D eigenvalue weighted by molar-refractivity contribution is 5.74. The second-order valence-electron chi connectivity index (χ2n) is 5.98. The number of β-amino-alcohol motifs (C(OH)–C–C–N with tert-alkyl or cyclic N) is 1. The number of carbonyl (C=O) groups is 1. The summed E-state index contributed by atoms with van der Waals surface area (Å²) in [5.74, 6) is 1.50. The first kappa shape index (κ1) is 15.9. The number of aliphatic hydroxyl groups is 1. The third-order valence-corrected chi connectivity index (χ3v) is 4.71. The van der Waals surface area contributed by atoms with Gasteiger partial charge in [-0.2, -0.15) is 0 Å². The van der Waals surface area contributed by atoms with E-state index in [9.17, 15) is 9.90 Å². The highest BCUT2D eigenvalue weighted by Crippen LogP contribution is 2.37. The highest BCUT2D eigenvalue weighted by Gasteiger charge is 2.33. The summed E-state index contributed by atoms with van der Waals surface area (Å²) >= 11 is 0. The molecule has 1 fully saturated rings. The Morgan fingerprint density at radius 3 is 2.74 bits per heavy atom. The molecule has 1 aromatic rings. The van der Waals surface area contributed by atoms with E-state index in [4.69, 9.17) is 9.47 Å². The fourth-order valence-electron chi connectivity index (χ4n) is 3.33. The van der Waals surface area contributed by atoms with E-state index in [1.54, 1.807) is 9.80 Å². The zero-order valence-corrected chi connectivity index (χ0v) is 13.7. The number of likely N-dealkylation sites (tertiary alicyclic amines) is 1. The predicted molar refractivity (Wildman–Crippen MR) is 85.8 cm³/mol. The van der Waals surface area contributed by atoms with Crippen LogP contribution in [0.3, 0.4) is 0 Å². The van der Waals surface area contributed by atoms with E-state index < -0.39 is 6.10 Å². The van der Waals surface area contributed by atoms with Crippen LogP contribution >= 0.6 is 0 Å². The van der Waals surface area contributed by atoms with Crippen LogP contribution in [0.1, 0.15) is 31.7 Å². The monoisotopic (exact) mass is 320 g/mol. The lowest BCUT2D eigenvalue weighted by molar-refractivity contribution is 0.0556. The molecular formula is C17H24N2O4. The van der Waals surface area contributed by atoms with Gasteiger partial charge in [0.2, 0.25) is 6.79 Å². The molecule has 1 saturated heterocycles. The zero-order chi connectivity index (χ0) is 16.4. The molecule has 2 aliphatic rings. The van der Waals surface area contributed by atoms with Gasteiger partial charge in [-0.15, -0.1) is 0 Å². The Hall–Kier alpha value is -1.95. The van der Waals surface area contributed by atoms with Crippen molar-refractivity contribution in [2.75, 3.05) is 33.0 Å². The van der Waals surface area contributed by atoms with E-state index in [-0.39, 0.29) is 18.7 Å². The van der Waals surface area contributed by atoms with Gasteiger partial charge in [0.1, 0.15) is 0 Å². The second-order valence-corrected chi connectivity index (χ2v) is 5.98. The van der Waals surface area contributed by atoms with Crippen molar-refractivity contribution in [3.63, 3.8) is 0 Å². The first-order valence-electron chi connectivity index (χ1n) is 8.25. The van der Waals surface area contributed by atoms with Crippen LogP contribution in [0.2, 0.25) is 0 Å². The molecule has 0 spiro atoms. The number of urea groups is 1. The maximum absolute atomic E-state index is 12.4. The lowest BCUT2D eigenvalue weighted by atomic mass is 9.87. The van der Waals surface area contributed by atoms with Crippen molar-refractivity contribution < 1.29 is 19.4 Å². The number of amides is 2. The van der Waals surface area contributed by atoms with Crippen molar-refractivity contribution in [2.24, 2.45) is 0 Å². The zero-order valence-electron chi connectivity index (χ0n) is 13.7. The Kier molecular flexibility index (Phi) is 4.61. The molecule has 2 heterocycles. The number of rotatable bonds is 3. The van der Waals surface area contributed by atoms with Crippen LogP contribution in [-0.4, -0.2) is 60.0 Å². The number of piperidine rings is 1. The fraction of sp³-hybridized carbons (Fsp3) is 0.588. The topological polar surface area (TPSA) is 62.2 Å². The first-order valence-corrected chi connectivity index (χ1v) is 8.25. The lowest BCUT2D eigenvalue weighted by Gasteiger charge is -2.38. The molecule has 23 heavy (non-hydrogen) atoms. The van der Waals surface area contributed by atoms with Crippen LogP contribution < -0.4 is 9.47 Å². The van der Waals surface area contributed by atoms with Gasteiger partial charge >= 0.3 is 6.03 Å². The van der Waals surface area contributed by atoms with E-state index >= 15 is 0 Å². The van der Waals surface area contributed by atoms with Gasteiger partial charge in [0.25, 0.3) is 0 Å². The Bertz CT molecular complexity index is 574. The van der Waals surface area contributed by atoms with Gasteiger partial charge in [0, 0.05) is 32.1 Å². The molecule has 1 aromatic carbocycles. The summed E-state index contributed by atoms with van der Waals surface area (Å²) in [7, 11) is 0. The van der Waals surface area contributed by atoms with Crippen molar-refractivity contribution in [1.29, 1.82) is 0 Å². The summed E-state index contributed by atoms with van der Waals surface area (Å²) < 4.78 is 10.7. The normalized spacial score (nSPS) is 23.0. The van der Waals surface area contributed by atoms with Crippen LogP contribution in [-0.2, 0) is 0 Å². The maximum Gasteiger partial charge on any atom is 0.320 e. The third kappa shape index (κ3) is 3.08. The molecule has 0 unspecified atom stereocenters. The fourth-order valence-corrected chi connectivity index (χ4v) is 3.33. The Morgan fingerprint density at radius 1 is 1.30 bits per heavy atom. The van der Waals surface area contributed by atoms with Crippen molar-refractivity contribution in [3.8, 4) is 11.5 Å². The average Bonchev–Trinajstić information content (AvgIpc) is 3.03. The van der Waals surface area contributed by atoms with Crippen LogP contribution in [0.25, 0.3) is 0 Å². The van der Waals surface area contributed by atoms with Crippen molar-refractivity contribution in [1.82, 2.24) is 9.80 Å². The quantitative estimate of drug-likeness (QED) is 0.925. The smallest absolute Gasteiger partial charge is 0.320 e. The molecule has 2 atom stereocenters. The Balaban J connectivity index is 1.68. The van der Waals surface area contributed by atoms with Crippen molar-refractivity contribution in [2.45, 2.75) is 32.3 Å². The molecule has 0 aliphatic carbocycles. The van der Waals surface area contributed by atoms with Crippen LogP contribution in [0.15, 0.2) is 18.2 Å². The van der Waals surface area contributed by atoms with Gasteiger partial charge in [-0.05, 0) is 38.0 Å². The first-order chi connectivity index (χ1) is 11.1. The average molecular weight is 320 g/mol. The van der Waals surface area contributed by atoms with E-state index in [2.05, 4.69) is 0 Å². The highest BCUT2D eigenvalue weighted by atomic mass is 16.7. The van der Waals surface area contributed by atoms with Gasteiger partial charge in [-0.1, -0.05) is 6.07 Å². The molecule has 0 bridgehead atoms. The second kappa shape index (κ2) is 6.66. The minimum Gasteiger partial charge on any atom is -0.454 e. The number of hydrogen-bond acceptors (Lipinski definition) is 4. The summed E-state index contributed by atoms with van der Waals surface area (Å²) in [5, 5.41) is 10.5. The number of nitrogens with zero attached hydrogens (tertiary/aromatic N) is 2. The maximum atomic E-state index is 12.4. The van der Waals surface area contributed by atoms with Gasteiger partial charge in [0.05, 0.1) is 6.10 Å². The molecular weight excluding hydrogens is 296 g/mol. The molecule has 126 valence electrons. The molecule has 0 radical (unpaired) electrons. The number of aliphatic hydroxyl groups excluding tert-OH is 1. The van der Waals surface area contributed by atoms with Crippen molar-refractivity contribution >= 4 is 6.03 Å². The number of hydrogen-bond donors (Lipinski definition) is 1. The van der Waals surface area contributed by atoms with Crippen LogP contribution in [0.4, 0.5) is 4.79 Å². The van der Waals surface area contributed by atoms with E-state index in [1.807, 2.05) is 32.0 Å². The van der Waals surface area contributed by atoms with Crippen LogP contribution in [0.5, 0.6) is 11.5 Å². The molecule has 1 N–H and O–H groups in total. The standard InChI is InChI=1S/C17H24N2O4/c1-3-18(4-2)17(21)19-8-7-13(14(20)10-19)12-5-6-15-16(9-12)23-11-22-15/h5-6,9,13-14,20H,3-4,7-8,10-11H2,1-2H3/t13-,14+/m0/s1. The summed E-state index contributed by atoms with van der Waals surface area (Å²) in [6.45, 7) is 6.59. The third-order valence-electron chi connectivity index (χ3n) is 4.71. The van der Waals surface area contributed by atoms with E-state index in [0.717, 1.165) is 23.5 Å². The Labute approximate surface area is 136 Å². The van der Waals surface area contributed by atoms with Gasteiger partial charge in [0.15, 0.2) is 11.5 Å². The molecule has 0 saturated carbocycles. The van der Waals surface area contributed by atoms with Gasteiger partial charge < -0.3 is 24.4 Å². The summed E-state index contributed by atoms with van der Waals surface area (Å²) in [6, 6.07) is 5.82. The van der Waals surface area contributed by atoms with E-state index in [0.29, 0.717) is 26.2 Å². The number of carbonyl (C=O) groups excluding carboxylic acids is 1. The molecule has 3 rings (SSSR count). The molecule has 6 nitrogen and oxygen atoms in total. The SMILES string of the molecule is CCN(CC)C(=O)N1CC[C@@H](c2ccc3c(c2)OCO3)[C@H](O)C1. The minimum atomic E-state index is -0.566. The summed E-state index contributed by atoms with van der Waals surface area (Å²) in [6.07, 6.45) is 0.178. The summed E-state index contributed by atoms with van der Waals surface area (Å²) in [4.78, 5) is 15.9. The molecule has 2 amide bonds. The largest absolute Gasteiger partial charge is 0.454 e. The lowest BCUT2D eigenvalue weighted by Crippen LogP contribution is -2.50.